The molecule has 0 aliphatic heterocycles. The molecule has 0 fully saturated rings. The van der Waals surface area contributed by atoms with Crippen LogP contribution in [-0.4, -0.2) is 23.4 Å². The Balaban J connectivity index is 3.25. The number of halogens is 3. The summed E-state index contributed by atoms with van der Waals surface area (Å²) in [5.41, 5.74) is -1.25. The number of hydrogen-bond donors (Lipinski definition) is 2. The number of ketones is 1. The van der Waals surface area contributed by atoms with Gasteiger partial charge in [0.2, 0.25) is 5.91 Å². The van der Waals surface area contributed by atoms with Crippen LogP contribution in [0.15, 0.2) is 18.2 Å². The third-order valence-electron chi connectivity index (χ3n) is 2.30. The number of anilines is 1. The predicted octanol–water partition coefficient (Wildman–Crippen LogP) is 2.23. The molecular formula is C12H12F3NO3. The number of hydrogen-bond acceptors (Lipinski definition) is 3. The fraction of sp³-hybridized carbons (Fsp3) is 0.333. The second kappa shape index (κ2) is 5.83. The van der Waals surface area contributed by atoms with E-state index in [9.17, 15) is 22.8 Å². The lowest BCUT2D eigenvalue weighted by molar-refractivity contribution is -0.137. The molecule has 19 heavy (non-hydrogen) atoms. The number of aliphatic hydroxyl groups excluding tert-OH is 1. The number of carbonyl (C=O) groups is 2. The maximum Gasteiger partial charge on any atom is 0.416 e. The SMILES string of the molecule is CC(=O)Nc1ccc(C(F)(F)F)cc1C(=O)CCO. The first-order valence-corrected chi connectivity index (χ1v) is 5.38. The highest BCUT2D eigenvalue weighted by atomic mass is 19.4. The average molecular weight is 275 g/mol. The van der Waals surface area contributed by atoms with Gasteiger partial charge in [0.05, 0.1) is 17.9 Å². The lowest BCUT2D eigenvalue weighted by Crippen LogP contribution is -2.14. The van der Waals surface area contributed by atoms with E-state index in [4.69, 9.17) is 5.11 Å². The van der Waals surface area contributed by atoms with Gasteiger partial charge in [0.25, 0.3) is 0 Å². The van der Waals surface area contributed by atoms with Crippen molar-refractivity contribution in [3.8, 4) is 0 Å². The average Bonchev–Trinajstić information content (AvgIpc) is 2.27. The Morgan fingerprint density at radius 3 is 2.42 bits per heavy atom. The summed E-state index contributed by atoms with van der Waals surface area (Å²) in [7, 11) is 0. The van der Waals surface area contributed by atoms with Crippen LogP contribution >= 0.6 is 0 Å². The Morgan fingerprint density at radius 1 is 1.32 bits per heavy atom. The molecule has 0 atom stereocenters. The zero-order valence-electron chi connectivity index (χ0n) is 10.0. The first-order valence-electron chi connectivity index (χ1n) is 5.38. The normalized spacial score (nSPS) is 11.2. The summed E-state index contributed by atoms with van der Waals surface area (Å²) < 4.78 is 37.7. The molecule has 0 aliphatic carbocycles. The Morgan fingerprint density at radius 2 is 1.95 bits per heavy atom. The van der Waals surface area contributed by atoms with Gasteiger partial charge in [-0.15, -0.1) is 0 Å². The van der Waals surface area contributed by atoms with E-state index in [0.29, 0.717) is 6.07 Å². The van der Waals surface area contributed by atoms with Gasteiger partial charge < -0.3 is 10.4 Å². The van der Waals surface area contributed by atoms with Crippen LogP contribution in [0.1, 0.15) is 29.3 Å². The number of alkyl halides is 3. The standard InChI is InChI=1S/C12H12F3NO3/c1-7(18)16-10-3-2-8(12(13,14)15)6-9(10)11(19)4-5-17/h2-3,6,17H,4-5H2,1H3,(H,16,18). The van der Waals surface area contributed by atoms with Crippen molar-refractivity contribution in [2.45, 2.75) is 19.5 Å². The van der Waals surface area contributed by atoms with Crippen LogP contribution in [0.3, 0.4) is 0 Å². The van der Waals surface area contributed by atoms with Crippen molar-refractivity contribution in [1.29, 1.82) is 0 Å². The van der Waals surface area contributed by atoms with E-state index in [1.807, 2.05) is 0 Å². The Bertz CT molecular complexity index is 497. The van der Waals surface area contributed by atoms with Crippen molar-refractivity contribution < 1.29 is 27.9 Å². The minimum absolute atomic E-state index is 0.000972. The van der Waals surface area contributed by atoms with Crippen molar-refractivity contribution in [3.63, 3.8) is 0 Å². The van der Waals surface area contributed by atoms with E-state index in [1.54, 1.807) is 0 Å². The summed E-state index contributed by atoms with van der Waals surface area (Å²) in [5, 5.41) is 11.0. The van der Waals surface area contributed by atoms with Crippen LogP contribution in [0.2, 0.25) is 0 Å². The van der Waals surface area contributed by atoms with Gasteiger partial charge in [0.1, 0.15) is 0 Å². The van der Waals surface area contributed by atoms with Gasteiger partial charge >= 0.3 is 6.18 Å². The minimum atomic E-state index is -4.58. The lowest BCUT2D eigenvalue weighted by Gasteiger charge is -2.12. The van der Waals surface area contributed by atoms with E-state index in [1.165, 1.54) is 6.92 Å². The molecule has 0 aliphatic rings. The van der Waals surface area contributed by atoms with Crippen LogP contribution in [0.4, 0.5) is 18.9 Å². The number of rotatable bonds is 4. The molecule has 1 amide bonds. The van der Waals surface area contributed by atoms with Crippen LogP contribution in [0.25, 0.3) is 0 Å². The van der Waals surface area contributed by atoms with Crippen molar-refractivity contribution in [2.75, 3.05) is 11.9 Å². The van der Waals surface area contributed by atoms with Crippen LogP contribution in [0, 0.1) is 0 Å². The maximum atomic E-state index is 12.6. The first-order chi connectivity index (χ1) is 8.75. The zero-order chi connectivity index (χ0) is 14.6. The highest BCUT2D eigenvalue weighted by molar-refractivity contribution is 6.04. The summed E-state index contributed by atoms with van der Waals surface area (Å²) in [5.74, 6) is -1.17. The molecule has 2 N–H and O–H groups in total. The van der Waals surface area contributed by atoms with Gasteiger partial charge in [-0.2, -0.15) is 13.2 Å². The number of nitrogens with one attached hydrogen (secondary N) is 1. The lowest BCUT2D eigenvalue weighted by atomic mass is 10.0. The topological polar surface area (TPSA) is 66.4 Å². The fourth-order valence-electron chi connectivity index (χ4n) is 1.49. The zero-order valence-corrected chi connectivity index (χ0v) is 10.0. The molecular weight excluding hydrogens is 263 g/mol. The highest BCUT2D eigenvalue weighted by Gasteiger charge is 2.31. The predicted molar refractivity (Wildman–Crippen MR) is 61.8 cm³/mol. The molecule has 7 heteroatoms. The number of Topliss-reactive ketones (excluding diaryl/α,β-unsaturated/α-hetero) is 1. The fourth-order valence-corrected chi connectivity index (χ4v) is 1.49. The van der Waals surface area contributed by atoms with Crippen molar-refractivity contribution >= 4 is 17.4 Å². The van der Waals surface area contributed by atoms with E-state index >= 15 is 0 Å². The summed E-state index contributed by atoms with van der Waals surface area (Å²) in [6.07, 6.45) is -4.89. The summed E-state index contributed by atoms with van der Waals surface area (Å²) in [4.78, 5) is 22.6. The number of carbonyl (C=O) groups excluding carboxylic acids is 2. The Kier molecular flexibility index (Phi) is 4.66. The van der Waals surface area contributed by atoms with Gasteiger partial charge in [-0.05, 0) is 18.2 Å². The highest BCUT2D eigenvalue weighted by Crippen LogP contribution is 2.32. The Labute approximate surface area is 107 Å². The van der Waals surface area contributed by atoms with Gasteiger partial charge in [-0.3, -0.25) is 9.59 Å². The molecule has 0 aromatic heterocycles. The molecule has 0 radical (unpaired) electrons. The van der Waals surface area contributed by atoms with Gasteiger partial charge in [-0.25, -0.2) is 0 Å². The molecule has 104 valence electrons. The molecule has 0 spiro atoms. The molecule has 0 unspecified atom stereocenters. The summed E-state index contributed by atoms with van der Waals surface area (Å²) in [6.45, 7) is 0.701. The van der Waals surface area contributed by atoms with Gasteiger partial charge in [0.15, 0.2) is 5.78 Å². The molecule has 1 aromatic rings. The summed E-state index contributed by atoms with van der Waals surface area (Å²) in [6, 6.07) is 2.47. The second-order valence-electron chi connectivity index (χ2n) is 3.84. The Hall–Kier alpha value is -1.89. The molecule has 0 heterocycles. The quantitative estimate of drug-likeness (QED) is 0.828. The molecule has 0 bridgehead atoms. The summed E-state index contributed by atoms with van der Waals surface area (Å²) >= 11 is 0. The number of benzene rings is 1. The third-order valence-corrected chi connectivity index (χ3v) is 2.30. The maximum absolute atomic E-state index is 12.6. The van der Waals surface area contributed by atoms with Crippen LogP contribution < -0.4 is 5.32 Å². The molecule has 0 saturated carbocycles. The van der Waals surface area contributed by atoms with Crippen molar-refractivity contribution in [3.05, 3.63) is 29.3 Å². The van der Waals surface area contributed by atoms with Crippen molar-refractivity contribution in [1.82, 2.24) is 0 Å². The van der Waals surface area contributed by atoms with Gasteiger partial charge in [-0.1, -0.05) is 0 Å². The molecule has 4 nitrogen and oxygen atoms in total. The largest absolute Gasteiger partial charge is 0.416 e. The van der Waals surface area contributed by atoms with E-state index in [0.717, 1.165) is 12.1 Å². The smallest absolute Gasteiger partial charge is 0.396 e. The van der Waals surface area contributed by atoms with E-state index in [2.05, 4.69) is 5.32 Å². The van der Waals surface area contributed by atoms with E-state index in [-0.39, 0.29) is 17.7 Å². The van der Waals surface area contributed by atoms with Crippen molar-refractivity contribution in [2.24, 2.45) is 0 Å². The first kappa shape index (κ1) is 15.2. The van der Waals surface area contributed by atoms with E-state index < -0.39 is 30.0 Å². The number of amides is 1. The second-order valence-corrected chi connectivity index (χ2v) is 3.84. The van der Waals surface area contributed by atoms with Crippen LogP contribution in [0.5, 0.6) is 0 Å². The van der Waals surface area contributed by atoms with Crippen LogP contribution in [-0.2, 0) is 11.0 Å². The molecule has 0 saturated heterocycles. The monoisotopic (exact) mass is 275 g/mol. The molecule has 1 rings (SSSR count). The number of aliphatic hydroxyl groups is 1. The third kappa shape index (κ3) is 4.06. The minimum Gasteiger partial charge on any atom is -0.396 e. The molecule has 1 aromatic carbocycles. The van der Waals surface area contributed by atoms with Gasteiger partial charge in [0, 0.05) is 18.9 Å².